The van der Waals surface area contributed by atoms with E-state index in [1.165, 1.54) is 0 Å². The van der Waals surface area contributed by atoms with Crippen LogP contribution < -0.4 is 10.5 Å². The van der Waals surface area contributed by atoms with Gasteiger partial charge in [0.15, 0.2) is 0 Å². The van der Waals surface area contributed by atoms with E-state index < -0.39 is 10.0 Å². The molecule has 2 atom stereocenters. The Kier molecular flexibility index (Phi) is 3.74. The van der Waals surface area contributed by atoms with Crippen molar-refractivity contribution in [1.82, 2.24) is 14.9 Å². The van der Waals surface area contributed by atoms with Crippen molar-refractivity contribution in [2.45, 2.75) is 50.6 Å². The Balaban J connectivity index is 2.22. The third kappa shape index (κ3) is 2.57. The van der Waals surface area contributed by atoms with Gasteiger partial charge in [-0.1, -0.05) is 6.92 Å². The van der Waals surface area contributed by atoms with E-state index in [0.717, 1.165) is 19.3 Å². The van der Waals surface area contributed by atoms with Gasteiger partial charge in [0, 0.05) is 12.6 Å². The second-order valence-electron chi connectivity index (χ2n) is 5.06. The molecule has 102 valence electrons. The highest BCUT2D eigenvalue weighted by atomic mass is 32.2. The minimum absolute atomic E-state index is 0.0323. The fourth-order valence-corrected chi connectivity index (χ4v) is 4.22. The Morgan fingerprint density at radius 2 is 2.22 bits per heavy atom. The number of aromatic nitrogens is 2. The van der Waals surface area contributed by atoms with Crippen LogP contribution in [0.15, 0.2) is 4.90 Å². The molecule has 2 unspecified atom stereocenters. The predicted octanol–water partition coefficient (Wildman–Crippen LogP) is 0.644. The number of hydrogen-bond donors (Lipinski definition) is 3. The van der Waals surface area contributed by atoms with Crippen LogP contribution in [-0.4, -0.2) is 24.7 Å². The van der Waals surface area contributed by atoms with Gasteiger partial charge in [0.1, 0.15) is 4.90 Å². The average molecular weight is 272 g/mol. The van der Waals surface area contributed by atoms with Crippen LogP contribution in [0.25, 0.3) is 0 Å². The van der Waals surface area contributed by atoms with E-state index in [9.17, 15) is 8.42 Å². The number of sulfonamides is 1. The highest BCUT2D eigenvalue weighted by molar-refractivity contribution is 7.89. The summed E-state index contributed by atoms with van der Waals surface area (Å²) in [6.07, 6.45) is 2.87. The zero-order chi connectivity index (χ0) is 13.3. The minimum Gasteiger partial charge on any atom is -0.325 e. The maximum absolute atomic E-state index is 12.3. The maximum Gasteiger partial charge on any atom is 0.244 e. The quantitative estimate of drug-likeness (QED) is 0.748. The standard InChI is InChI=1S/C11H20N4O2S/c1-7-3-4-9(5-7)15-18(16,17)11-8(2)13-14-10(11)6-12/h7,9,15H,3-6,12H2,1-2H3,(H,13,14). The summed E-state index contributed by atoms with van der Waals surface area (Å²) >= 11 is 0. The highest BCUT2D eigenvalue weighted by Gasteiger charge is 2.29. The molecule has 6 nitrogen and oxygen atoms in total. The lowest BCUT2D eigenvalue weighted by Crippen LogP contribution is -2.33. The Morgan fingerprint density at radius 3 is 2.78 bits per heavy atom. The Labute approximate surface area is 107 Å². The van der Waals surface area contributed by atoms with Gasteiger partial charge in [0.25, 0.3) is 0 Å². The molecular weight excluding hydrogens is 252 g/mol. The predicted molar refractivity (Wildman–Crippen MR) is 68.3 cm³/mol. The topological polar surface area (TPSA) is 101 Å². The lowest BCUT2D eigenvalue weighted by atomic mass is 10.1. The highest BCUT2D eigenvalue weighted by Crippen LogP contribution is 2.27. The normalized spacial score (nSPS) is 24.6. The molecule has 1 aromatic heterocycles. The molecule has 18 heavy (non-hydrogen) atoms. The summed E-state index contributed by atoms with van der Waals surface area (Å²) in [5.74, 6) is 0.581. The number of nitrogens with one attached hydrogen (secondary N) is 2. The van der Waals surface area contributed by atoms with E-state index in [1.54, 1.807) is 6.92 Å². The van der Waals surface area contributed by atoms with Crippen molar-refractivity contribution in [2.24, 2.45) is 11.7 Å². The minimum atomic E-state index is -3.52. The van der Waals surface area contributed by atoms with E-state index in [0.29, 0.717) is 17.3 Å². The zero-order valence-corrected chi connectivity index (χ0v) is 11.5. The molecule has 1 aromatic rings. The number of nitrogens with two attached hydrogens (primary N) is 1. The summed E-state index contributed by atoms with van der Waals surface area (Å²) in [4.78, 5) is 0.213. The molecule has 1 aliphatic rings. The van der Waals surface area contributed by atoms with Gasteiger partial charge in [-0.05, 0) is 32.1 Å². The van der Waals surface area contributed by atoms with Crippen molar-refractivity contribution in [2.75, 3.05) is 0 Å². The smallest absolute Gasteiger partial charge is 0.244 e. The second kappa shape index (κ2) is 4.99. The van der Waals surface area contributed by atoms with Crippen molar-refractivity contribution < 1.29 is 8.42 Å². The van der Waals surface area contributed by atoms with E-state index in [2.05, 4.69) is 21.8 Å². The second-order valence-corrected chi connectivity index (χ2v) is 6.72. The van der Waals surface area contributed by atoms with E-state index in [-0.39, 0.29) is 17.5 Å². The molecule has 0 amide bonds. The number of nitrogens with zero attached hydrogens (tertiary/aromatic N) is 1. The van der Waals surface area contributed by atoms with Crippen molar-refractivity contribution in [1.29, 1.82) is 0 Å². The third-order valence-corrected chi connectivity index (χ3v) is 5.16. The van der Waals surface area contributed by atoms with Gasteiger partial charge < -0.3 is 5.73 Å². The van der Waals surface area contributed by atoms with Crippen molar-refractivity contribution in [3.05, 3.63) is 11.4 Å². The zero-order valence-electron chi connectivity index (χ0n) is 10.7. The van der Waals surface area contributed by atoms with Crippen LogP contribution in [0, 0.1) is 12.8 Å². The first-order chi connectivity index (χ1) is 8.44. The van der Waals surface area contributed by atoms with Gasteiger partial charge in [-0.15, -0.1) is 0 Å². The molecule has 1 heterocycles. The van der Waals surface area contributed by atoms with E-state index >= 15 is 0 Å². The Hall–Kier alpha value is -0.920. The first-order valence-corrected chi connectivity index (χ1v) is 7.68. The lowest BCUT2D eigenvalue weighted by Gasteiger charge is -2.13. The van der Waals surface area contributed by atoms with Gasteiger partial charge in [-0.3, -0.25) is 5.10 Å². The molecule has 7 heteroatoms. The summed E-state index contributed by atoms with van der Waals surface area (Å²) in [6.45, 7) is 3.95. The van der Waals surface area contributed by atoms with E-state index in [1.807, 2.05) is 0 Å². The first-order valence-electron chi connectivity index (χ1n) is 6.20. The van der Waals surface area contributed by atoms with E-state index in [4.69, 9.17) is 5.73 Å². The molecular formula is C11H20N4O2S. The van der Waals surface area contributed by atoms with Gasteiger partial charge in [-0.2, -0.15) is 5.10 Å². The summed E-state index contributed by atoms with van der Waals surface area (Å²) in [5.41, 5.74) is 6.45. The van der Waals surface area contributed by atoms with Crippen LogP contribution in [0.3, 0.4) is 0 Å². The van der Waals surface area contributed by atoms with Crippen LogP contribution in [0.2, 0.25) is 0 Å². The summed E-state index contributed by atoms with van der Waals surface area (Å²) in [6, 6.07) is 0.0323. The monoisotopic (exact) mass is 272 g/mol. The number of aryl methyl sites for hydroxylation is 1. The largest absolute Gasteiger partial charge is 0.325 e. The number of aromatic amines is 1. The lowest BCUT2D eigenvalue weighted by molar-refractivity contribution is 0.537. The molecule has 1 fully saturated rings. The molecule has 0 bridgehead atoms. The number of hydrogen-bond acceptors (Lipinski definition) is 4. The molecule has 0 saturated heterocycles. The molecule has 0 aromatic carbocycles. The van der Waals surface area contributed by atoms with Gasteiger partial charge in [-0.25, -0.2) is 13.1 Å². The van der Waals surface area contributed by atoms with Gasteiger partial charge in [0.05, 0.1) is 11.4 Å². The Bertz CT molecular complexity index is 523. The molecule has 0 radical (unpaired) electrons. The van der Waals surface area contributed by atoms with Crippen LogP contribution in [0.5, 0.6) is 0 Å². The number of H-pyrrole nitrogens is 1. The van der Waals surface area contributed by atoms with Gasteiger partial charge >= 0.3 is 0 Å². The van der Waals surface area contributed by atoms with Crippen LogP contribution >= 0.6 is 0 Å². The molecule has 1 aliphatic carbocycles. The van der Waals surface area contributed by atoms with Crippen LogP contribution in [0.1, 0.15) is 37.6 Å². The average Bonchev–Trinajstić information content (AvgIpc) is 2.84. The van der Waals surface area contributed by atoms with Crippen LogP contribution in [-0.2, 0) is 16.6 Å². The number of rotatable bonds is 4. The van der Waals surface area contributed by atoms with Gasteiger partial charge in [0.2, 0.25) is 10.0 Å². The maximum atomic E-state index is 12.3. The molecule has 0 spiro atoms. The summed E-state index contributed by atoms with van der Waals surface area (Å²) < 4.78 is 27.4. The molecule has 0 aliphatic heterocycles. The molecule has 1 saturated carbocycles. The first kappa shape index (κ1) is 13.5. The fourth-order valence-electron chi connectivity index (χ4n) is 2.56. The summed E-state index contributed by atoms with van der Waals surface area (Å²) in [7, 11) is -3.52. The SMILES string of the molecule is Cc1[nH]nc(CN)c1S(=O)(=O)NC1CCC(C)C1. The van der Waals surface area contributed by atoms with Crippen molar-refractivity contribution >= 4 is 10.0 Å². The fraction of sp³-hybridized carbons (Fsp3) is 0.727. The van der Waals surface area contributed by atoms with Crippen LogP contribution in [0.4, 0.5) is 0 Å². The molecule has 2 rings (SSSR count). The summed E-state index contributed by atoms with van der Waals surface area (Å²) in [5, 5.41) is 6.60. The third-order valence-electron chi connectivity index (χ3n) is 3.44. The molecule has 4 N–H and O–H groups in total. The van der Waals surface area contributed by atoms with Crippen molar-refractivity contribution in [3.63, 3.8) is 0 Å². The Morgan fingerprint density at radius 1 is 1.50 bits per heavy atom. The van der Waals surface area contributed by atoms with Crippen molar-refractivity contribution in [3.8, 4) is 0 Å².